The van der Waals surface area contributed by atoms with Gasteiger partial charge in [0, 0.05) is 37.5 Å². The SMILES string of the molecule is Cn1nc(-c2ccc(N3CCNC(=O)C3=O)cc2)cc1N. The van der Waals surface area contributed by atoms with Gasteiger partial charge in [0.2, 0.25) is 0 Å². The van der Waals surface area contributed by atoms with Crippen LogP contribution in [0, 0.1) is 0 Å². The van der Waals surface area contributed by atoms with Crippen molar-refractivity contribution in [1.82, 2.24) is 15.1 Å². The van der Waals surface area contributed by atoms with Crippen LogP contribution >= 0.6 is 0 Å². The summed E-state index contributed by atoms with van der Waals surface area (Å²) in [6.45, 7) is 0.934. The number of piperazine rings is 1. The standard InChI is InChI=1S/C14H15N5O2/c1-18-12(15)8-11(17-18)9-2-4-10(5-3-9)19-7-6-16-13(20)14(19)21/h2-5,8H,6-7,15H2,1H3,(H,16,20). The third-order valence-corrected chi connectivity index (χ3v) is 3.45. The number of nitrogens with zero attached hydrogens (tertiary/aromatic N) is 3. The maximum Gasteiger partial charge on any atom is 0.316 e. The van der Waals surface area contributed by atoms with Crippen LogP contribution in [0.4, 0.5) is 11.5 Å². The van der Waals surface area contributed by atoms with E-state index in [1.807, 2.05) is 12.1 Å². The number of carbonyl (C=O) groups excluding carboxylic acids is 2. The van der Waals surface area contributed by atoms with Gasteiger partial charge in [-0.05, 0) is 12.1 Å². The normalized spacial score (nSPS) is 15.2. The van der Waals surface area contributed by atoms with Gasteiger partial charge in [-0.2, -0.15) is 5.10 Å². The molecule has 1 saturated heterocycles. The van der Waals surface area contributed by atoms with Gasteiger partial charge in [-0.25, -0.2) is 0 Å². The van der Waals surface area contributed by atoms with Crippen molar-refractivity contribution in [3.63, 3.8) is 0 Å². The topological polar surface area (TPSA) is 93.2 Å². The molecule has 7 nitrogen and oxygen atoms in total. The van der Waals surface area contributed by atoms with E-state index in [-0.39, 0.29) is 0 Å². The molecule has 0 saturated carbocycles. The highest BCUT2D eigenvalue weighted by atomic mass is 16.2. The Bertz CT molecular complexity index is 685. The summed E-state index contributed by atoms with van der Waals surface area (Å²) < 4.78 is 1.60. The van der Waals surface area contributed by atoms with Gasteiger partial charge in [0.1, 0.15) is 5.82 Å². The predicted octanol–water partition coefficient (Wildman–Crippen LogP) is 0.132. The fraction of sp³-hybridized carbons (Fsp3) is 0.214. The summed E-state index contributed by atoms with van der Waals surface area (Å²) in [5.74, 6) is -0.518. The Morgan fingerprint density at radius 3 is 2.57 bits per heavy atom. The van der Waals surface area contributed by atoms with Gasteiger partial charge in [-0.3, -0.25) is 14.3 Å². The quantitative estimate of drug-likeness (QED) is 0.767. The number of nitrogen functional groups attached to an aromatic ring is 1. The van der Waals surface area contributed by atoms with Crippen molar-refractivity contribution >= 4 is 23.3 Å². The van der Waals surface area contributed by atoms with E-state index in [2.05, 4.69) is 10.4 Å². The molecule has 1 aliphatic heterocycles. The maximum absolute atomic E-state index is 11.8. The van der Waals surface area contributed by atoms with Crippen molar-refractivity contribution in [3.8, 4) is 11.3 Å². The van der Waals surface area contributed by atoms with Crippen LogP contribution in [-0.4, -0.2) is 34.7 Å². The molecule has 3 rings (SSSR count). The number of nitrogens with two attached hydrogens (primary N) is 1. The molecule has 0 atom stereocenters. The van der Waals surface area contributed by atoms with Crippen molar-refractivity contribution in [2.45, 2.75) is 0 Å². The Morgan fingerprint density at radius 2 is 1.95 bits per heavy atom. The van der Waals surface area contributed by atoms with Gasteiger partial charge in [-0.15, -0.1) is 0 Å². The first-order valence-corrected chi connectivity index (χ1v) is 6.56. The number of benzene rings is 1. The Kier molecular flexibility index (Phi) is 3.09. The Hall–Kier alpha value is -2.83. The molecule has 0 bridgehead atoms. The highest BCUT2D eigenvalue weighted by molar-refractivity contribution is 6.41. The zero-order valence-electron chi connectivity index (χ0n) is 11.5. The zero-order chi connectivity index (χ0) is 15.0. The number of nitrogens with one attached hydrogen (secondary N) is 1. The molecule has 2 amide bonds. The van der Waals surface area contributed by atoms with Gasteiger partial charge in [0.25, 0.3) is 0 Å². The van der Waals surface area contributed by atoms with Crippen LogP contribution < -0.4 is 16.0 Å². The van der Waals surface area contributed by atoms with E-state index in [1.54, 1.807) is 29.9 Å². The first-order chi connectivity index (χ1) is 10.1. The highest BCUT2D eigenvalue weighted by Gasteiger charge is 2.27. The van der Waals surface area contributed by atoms with Crippen LogP contribution in [0.25, 0.3) is 11.3 Å². The number of rotatable bonds is 2. The van der Waals surface area contributed by atoms with Crippen molar-refractivity contribution in [2.75, 3.05) is 23.7 Å². The van der Waals surface area contributed by atoms with Crippen molar-refractivity contribution in [3.05, 3.63) is 30.3 Å². The first-order valence-electron chi connectivity index (χ1n) is 6.56. The van der Waals surface area contributed by atoms with Gasteiger partial charge in [-0.1, -0.05) is 12.1 Å². The molecule has 1 aliphatic rings. The number of hydrogen-bond acceptors (Lipinski definition) is 4. The lowest BCUT2D eigenvalue weighted by atomic mass is 10.1. The molecule has 21 heavy (non-hydrogen) atoms. The summed E-state index contributed by atoms with van der Waals surface area (Å²) in [6.07, 6.45) is 0. The van der Waals surface area contributed by atoms with Crippen molar-refractivity contribution in [2.24, 2.45) is 7.05 Å². The molecule has 0 spiro atoms. The third kappa shape index (κ3) is 2.33. The predicted molar refractivity (Wildman–Crippen MR) is 78.4 cm³/mol. The summed E-state index contributed by atoms with van der Waals surface area (Å²) in [6, 6.07) is 9.11. The molecule has 0 unspecified atom stereocenters. The average Bonchev–Trinajstić information content (AvgIpc) is 2.82. The average molecular weight is 285 g/mol. The van der Waals surface area contributed by atoms with Crippen molar-refractivity contribution < 1.29 is 9.59 Å². The molecular formula is C14H15N5O2. The second-order valence-electron chi connectivity index (χ2n) is 4.84. The molecule has 1 aromatic carbocycles. The largest absolute Gasteiger partial charge is 0.384 e. The molecule has 7 heteroatoms. The maximum atomic E-state index is 11.8. The lowest BCUT2D eigenvalue weighted by molar-refractivity contribution is -0.138. The number of carbonyl (C=O) groups is 2. The van der Waals surface area contributed by atoms with Crippen LogP contribution in [0.2, 0.25) is 0 Å². The third-order valence-electron chi connectivity index (χ3n) is 3.45. The molecule has 1 aromatic heterocycles. The summed E-state index contributed by atoms with van der Waals surface area (Å²) in [5, 5.41) is 6.82. The summed E-state index contributed by atoms with van der Waals surface area (Å²) in [4.78, 5) is 24.7. The second kappa shape index (κ2) is 4.93. The number of aromatic nitrogens is 2. The second-order valence-corrected chi connectivity index (χ2v) is 4.84. The number of amides is 2. The van der Waals surface area contributed by atoms with E-state index in [9.17, 15) is 9.59 Å². The van der Waals surface area contributed by atoms with Crippen LogP contribution in [-0.2, 0) is 16.6 Å². The van der Waals surface area contributed by atoms with Gasteiger partial charge in [0.15, 0.2) is 0 Å². The fourth-order valence-electron chi connectivity index (χ4n) is 2.26. The van der Waals surface area contributed by atoms with Crippen LogP contribution in [0.15, 0.2) is 30.3 Å². The molecule has 108 valence electrons. The highest BCUT2D eigenvalue weighted by Crippen LogP contribution is 2.24. The molecule has 0 aliphatic carbocycles. The molecule has 0 radical (unpaired) electrons. The van der Waals surface area contributed by atoms with Gasteiger partial charge in [0.05, 0.1) is 5.69 Å². The smallest absolute Gasteiger partial charge is 0.316 e. The van der Waals surface area contributed by atoms with Gasteiger partial charge < -0.3 is 16.0 Å². The number of anilines is 2. The minimum absolute atomic E-state index is 0.461. The van der Waals surface area contributed by atoms with Crippen molar-refractivity contribution in [1.29, 1.82) is 0 Å². The van der Waals surface area contributed by atoms with Crippen LogP contribution in [0.3, 0.4) is 0 Å². The summed E-state index contributed by atoms with van der Waals surface area (Å²) in [7, 11) is 1.78. The van der Waals surface area contributed by atoms with Gasteiger partial charge >= 0.3 is 11.8 Å². The lowest BCUT2D eigenvalue weighted by Crippen LogP contribution is -2.52. The molecule has 1 fully saturated rings. The minimum atomic E-state index is -0.567. The number of aryl methyl sites for hydroxylation is 1. The zero-order valence-corrected chi connectivity index (χ0v) is 11.5. The summed E-state index contributed by atoms with van der Waals surface area (Å²) >= 11 is 0. The molecule has 2 heterocycles. The monoisotopic (exact) mass is 285 g/mol. The van der Waals surface area contributed by atoms with E-state index >= 15 is 0 Å². The van der Waals surface area contributed by atoms with Crippen LogP contribution in [0.5, 0.6) is 0 Å². The molecular weight excluding hydrogens is 270 g/mol. The first kappa shape index (κ1) is 13.2. The van der Waals surface area contributed by atoms with E-state index in [4.69, 9.17) is 5.73 Å². The number of hydrogen-bond donors (Lipinski definition) is 2. The fourth-order valence-corrected chi connectivity index (χ4v) is 2.26. The van der Waals surface area contributed by atoms with E-state index in [0.29, 0.717) is 24.6 Å². The molecule has 3 N–H and O–H groups in total. The minimum Gasteiger partial charge on any atom is -0.384 e. The van der Waals surface area contributed by atoms with E-state index in [1.165, 1.54) is 4.90 Å². The van der Waals surface area contributed by atoms with E-state index < -0.39 is 11.8 Å². The Balaban J connectivity index is 1.87. The lowest BCUT2D eigenvalue weighted by Gasteiger charge is -2.26. The Morgan fingerprint density at radius 1 is 1.24 bits per heavy atom. The Labute approximate surface area is 121 Å². The molecule has 2 aromatic rings. The van der Waals surface area contributed by atoms with Crippen LogP contribution in [0.1, 0.15) is 0 Å². The van der Waals surface area contributed by atoms with E-state index in [0.717, 1.165) is 11.3 Å². The summed E-state index contributed by atoms with van der Waals surface area (Å²) in [5.41, 5.74) is 8.13.